The van der Waals surface area contributed by atoms with E-state index in [1.54, 1.807) is 9.80 Å². The average molecular weight is 252 g/mol. The Hall–Kier alpha value is -3.36. The van der Waals surface area contributed by atoms with Crippen molar-refractivity contribution < 1.29 is 0 Å². The zero-order valence-electron chi connectivity index (χ0n) is 9.80. The predicted octanol–water partition coefficient (Wildman–Crippen LogP) is -0.813. The molecular formula is C11H8N8. The fraction of sp³-hybridized carbons (Fsp3) is 0.273. The van der Waals surface area contributed by atoms with Gasteiger partial charge in [0.25, 0.3) is 0 Å². The summed E-state index contributed by atoms with van der Waals surface area (Å²) in [4.78, 5) is 3.27. The third kappa shape index (κ3) is 1.95. The monoisotopic (exact) mass is 252 g/mol. The fourth-order valence-electron chi connectivity index (χ4n) is 1.88. The molecule has 0 aromatic rings. The van der Waals surface area contributed by atoms with Crippen LogP contribution in [0.25, 0.3) is 0 Å². The standard InChI is InChI=1S/C11H8N8/c12-1-8-10(3-14)18(5-16-8)7-19-6-17-9(2-13)11(19)4-15/h16-17H,5-7H2. The van der Waals surface area contributed by atoms with Crippen molar-refractivity contribution in [2.24, 2.45) is 0 Å². The molecule has 2 rings (SSSR count). The van der Waals surface area contributed by atoms with Crippen LogP contribution >= 0.6 is 0 Å². The van der Waals surface area contributed by atoms with E-state index in [-0.39, 0.29) is 29.5 Å². The van der Waals surface area contributed by atoms with E-state index in [0.717, 1.165) is 0 Å². The molecule has 2 N–H and O–H groups in total. The third-order valence-corrected chi connectivity index (χ3v) is 2.78. The fourth-order valence-corrected chi connectivity index (χ4v) is 1.88. The van der Waals surface area contributed by atoms with Gasteiger partial charge in [-0.05, 0) is 0 Å². The SMILES string of the molecule is N#CC1=C(C#N)N(CN2CNC(C#N)=C2C#N)CN1. The summed E-state index contributed by atoms with van der Waals surface area (Å²) in [5, 5.41) is 41.3. The molecule has 0 aromatic carbocycles. The topological polar surface area (TPSA) is 126 Å². The lowest BCUT2D eigenvalue weighted by atomic mass is 10.3. The highest BCUT2D eigenvalue weighted by Gasteiger charge is 2.28. The molecule has 0 atom stereocenters. The first-order valence-electron chi connectivity index (χ1n) is 5.31. The van der Waals surface area contributed by atoms with Crippen molar-refractivity contribution in [1.29, 1.82) is 21.0 Å². The van der Waals surface area contributed by atoms with E-state index in [4.69, 9.17) is 21.0 Å². The molecule has 8 nitrogen and oxygen atoms in total. The molecule has 2 aliphatic heterocycles. The van der Waals surface area contributed by atoms with Crippen LogP contribution in [0.3, 0.4) is 0 Å². The molecule has 0 spiro atoms. The molecule has 2 aliphatic rings. The molecule has 0 fully saturated rings. The van der Waals surface area contributed by atoms with E-state index in [2.05, 4.69) is 10.6 Å². The van der Waals surface area contributed by atoms with Gasteiger partial charge in [-0.15, -0.1) is 0 Å². The Morgan fingerprint density at radius 1 is 0.789 bits per heavy atom. The van der Waals surface area contributed by atoms with E-state index >= 15 is 0 Å². The maximum atomic E-state index is 9.03. The second-order valence-corrected chi connectivity index (χ2v) is 3.79. The Morgan fingerprint density at radius 3 is 1.53 bits per heavy atom. The largest absolute Gasteiger partial charge is 0.357 e. The number of nitriles is 4. The van der Waals surface area contributed by atoms with Gasteiger partial charge < -0.3 is 20.4 Å². The first-order valence-corrected chi connectivity index (χ1v) is 5.31. The zero-order valence-corrected chi connectivity index (χ0v) is 9.80. The Bertz CT molecular complexity index is 574. The predicted molar refractivity (Wildman–Crippen MR) is 61.1 cm³/mol. The van der Waals surface area contributed by atoms with E-state index in [9.17, 15) is 0 Å². The van der Waals surface area contributed by atoms with Crippen molar-refractivity contribution in [3.05, 3.63) is 22.8 Å². The highest BCUT2D eigenvalue weighted by Crippen LogP contribution is 2.19. The molecule has 0 saturated heterocycles. The average Bonchev–Trinajstić information content (AvgIpc) is 3.01. The second kappa shape index (κ2) is 4.87. The lowest BCUT2D eigenvalue weighted by molar-refractivity contribution is 0.222. The molecule has 0 amide bonds. The maximum absolute atomic E-state index is 9.03. The summed E-state index contributed by atoms with van der Waals surface area (Å²) in [5.41, 5.74) is 0.922. The van der Waals surface area contributed by atoms with Gasteiger partial charge in [-0.25, -0.2) is 0 Å². The summed E-state index contributed by atoms with van der Waals surface area (Å²) >= 11 is 0. The van der Waals surface area contributed by atoms with Gasteiger partial charge in [0.1, 0.15) is 35.7 Å². The van der Waals surface area contributed by atoms with Crippen LogP contribution in [0.5, 0.6) is 0 Å². The second-order valence-electron chi connectivity index (χ2n) is 3.79. The van der Waals surface area contributed by atoms with Crippen LogP contribution in [0.15, 0.2) is 22.8 Å². The molecule has 0 aromatic heterocycles. The maximum Gasteiger partial charge on any atom is 0.153 e. The quantitative estimate of drug-likeness (QED) is 0.653. The lowest BCUT2D eigenvalue weighted by Gasteiger charge is -2.25. The number of hydrogen-bond acceptors (Lipinski definition) is 8. The highest BCUT2D eigenvalue weighted by atomic mass is 15.4. The summed E-state index contributed by atoms with van der Waals surface area (Å²) in [6.07, 6.45) is 0. The van der Waals surface area contributed by atoms with Crippen molar-refractivity contribution in [2.75, 3.05) is 20.0 Å². The van der Waals surface area contributed by atoms with Gasteiger partial charge in [0.05, 0.1) is 20.0 Å². The van der Waals surface area contributed by atoms with Crippen LogP contribution in [0.1, 0.15) is 0 Å². The molecule has 2 heterocycles. The Balaban J connectivity index is 2.18. The van der Waals surface area contributed by atoms with Gasteiger partial charge >= 0.3 is 0 Å². The number of hydrogen-bond donors (Lipinski definition) is 2. The van der Waals surface area contributed by atoms with E-state index in [1.807, 2.05) is 24.3 Å². The molecular weight excluding hydrogens is 244 g/mol. The highest BCUT2D eigenvalue weighted by molar-refractivity contribution is 5.39. The molecule has 8 heteroatoms. The Morgan fingerprint density at radius 2 is 1.21 bits per heavy atom. The van der Waals surface area contributed by atoms with Crippen molar-refractivity contribution in [2.45, 2.75) is 0 Å². The number of allylic oxidation sites excluding steroid dienone is 4. The van der Waals surface area contributed by atoms with Gasteiger partial charge in [0.2, 0.25) is 0 Å². The van der Waals surface area contributed by atoms with Gasteiger partial charge in [-0.1, -0.05) is 0 Å². The summed E-state index contributed by atoms with van der Waals surface area (Å²) in [5.74, 6) is 0. The van der Waals surface area contributed by atoms with E-state index in [1.165, 1.54) is 0 Å². The molecule has 0 bridgehead atoms. The van der Waals surface area contributed by atoms with E-state index in [0.29, 0.717) is 13.3 Å². The molecule has 0 saturated carbocycles. The van der Waals surface area contributed by atoms with Crippen LogP contribution in [-0.4, -0.2) is 29.8 Å². The molecule has 0 unspecified atom stereocenters. The minimum absolute atomic E-state index is 0.220. The molecule has 92 valence electrons. The lowest BCUT2D eigenvalue weighted by Crippen LogP contribution is -2.37. The van der Waals surface area contributed by atoms with E-state index < -0.39 is 0 Å². The Kier molecular flexibility index (Phi) is 3.11. The number of nitrogens with zero attached hydrogens (tertiary/aromatic N) is 6. The number of rotatable bonds is 2. The van der Waals surface area contributed by atoms with Gasteiger partial charge in [-0.2, -0.15) is 21.0 Å². The number of nitrogens with one attached hydrogen (secondary N) is 2. The minimum atomic E-state index is 0.220. The van der Waals surface area contributed by atoms with Crippen LogP contribution in [0, 0.1) is 45.3 Å². The van der Waals surface area contributed by atoms with Crippen molar-refractivity contribution in [3.63, 3.8) is 0 Å². The van der Waals surface area contributed by atoms with Gasteiger partial charge in [0.15, 0.2) is 11.4 Å². The first-order chi connectivity index (χ1) is 9.24. The van der Waals surface area contributed by atoms with Gasteiger partial charge in [-0.3, -0.25) is 0 Å². The summed E-state index contributed by atoms with van der Waals surface area (Å²) in [6, 6.07) is 7.72. The van der Waals surface area contributed by atoms with Crippen LogP contribution in [0.2, 0.25) is 0 Å². The van der Waals surface area contributed by atoms with Gasteiger partial charge in [0, 0.05) is 0 Å². The molecule has 19 heavy (non-hydrogen) atoms. The van der Waals surface area contributed by atoms with Crippen LogP contribution in [-0.2, 0) is 0 Å². The molecule has 0 aliphatic carbocycles. The van der Waals surface area contributed by atoms with Crippen LogP contribution < -0.4 is 10.6 Å². The third-order valence-electron chi connectivity index (χ3n) is 2.78. The van der Waals surface area contributed by atoms with Crippen molar-refractivity contribution in [3.8, 4) is 24.3 Å². The normalized spacial score (nSPS) is 17.3. The summed E-state index contributed by atoms with van der Waals surface area (Å²) in [7, 11) is 0. The van der Waals surface area contributed by atoms with Crippen molar-refractivity contribution in [1.82, 2.24) is 20.4 Å². The van der Waals surface area contributed by atoms with Crippen molar-refractivity contribution >= 4 is 0 Å². The Labute approximate surface area is 109 Å². The minimum Gasteiger partial charge on any atom is -0.357 e. The smallest absolute Gasteiger partial charge is 0.153 e. The summed E-state index contributed by atoms with van der Waals surface area (Å²) in [6.45, 7) is 0.897. The first kappa shape index (κ1) is 12.1. The summed E-state index contributed by atoms with van der Waals surface area (Å²) < 4.78 is 0. The molecule has 0 radical (unpaired) electrons. The van der Waals surface area contributed by atoms with Crippen LogP contribution in [0.4, 0.5) is 0 Å². The zero-order chi connectivity index (χ0) is 13.8.